The maximum absolute atomic E-state index is 12.2. The molecule has 0 atom stereocenters. The number of aromatic nitrogens is 4. The quantitative estimate of drug-likeness (QED) is 0.370. The lowest BCUT2D eigenvalue weighted by Crippen LogP contribution is -2.52. The average molecular weight is 415 g/mol. The maximum Gasteiger partial charge on any atom is 0.254 e. The van der Waals surface area contributed by atoms with Crippen molar-refractivity contribution in [3.63, 3.8) is 0 Å². The zero-order valence-corrected chi connectivity index (χ0v) is 16.6. The molecule has 0 radical (unpaired) electrons. The summed E-state index contributed by atoms with van der Waals surface area (Å²) in [6.07, 6.45) is 2.34. The monoisotopic (exact) mass is 415 g/mol. The molecule has 4 aromatic rings. The minimum atomic E-state index is -1.25. The highest BCUT2D eigenvalue weighted by molar-refractivity contribution is 6.04. The van der Waals surface area contributed by atoms with E-state index in [2.05, 4.69) is 15.1 Å². The van der Waals surface area contributed by atoms with E-state index in [9.17, 15) is 9.90 Å². The molecule has 0 bridgehead atoms. The van der Waals surface area contributed by atoms with Gasteiger partial charge in [0.15, 0.2) is 5.82 Å². The summed E-state index contributed by atoms with van der Waals surface area (Å²) in [6, 6.07) is 15.0. The third-order valence-corrected chi connectivity index (χ3v) is 5.61. The Balaban J connectivity index is 1.61. The minimum Gasteiger partial charge on any atom is -0.383 e. The largest absolute Gasteiger partial charge is 0.383 e. The third-order valence-electron chi connectivity index (χ3n) is 5.61. The summed E-state index contributed by atoms with van der Waals surface area (Å²) in [5.41, 5.74) is 19.1. The summed E-state index contributed by atoms with van der Waals surface area (Å²) < 4.78 is 1.52. The van der Waals surface area contributed by atoms with Gasteiger partial charge in [0.05, 0.1) is 11.6 Å². The number of rotatable bonds is 4. The minimum absolute atomic E-state index is 0.143. The number of primary amides is 1. The van der Waals surface area contributed by atoms with Crippen LogP contribution >= 0.6 is 0 Å². The molecule has 9 nitrogen and oxygen atoms in total. The Morgan fingerprint density at radius 3 is 2.55 bits per heavy atom. The lowest BCUT2D eigenvalue weighted by atomic mass is 9.83. The number of hydrogen-bond acceptors (Lipinski definition) is 7. The Morgan fingerprint density at radius 2 is 1.87 bits per heavy atom. The molecule has 1 saturated carbocycles. The van der Waals surface area contributed by atoms with Gasteiger partial charge in [-0.15, -0.1) is 0 Å². The van der Waals surface area contributed by atoms with Crippen molar-refractivity contribution < 1.29 is 9.90 Å². The van der Waals surface area contributed by atoms with Crippen LogP contribution in [0.15, 0.2) is 54.7 Å². The normalized spacial score (nSPS) is 20.5. The van der Waals surface area contributed by atoms with Crippen LogP contribution < -0.4 is 17.2 Å². The first kappa shape index (κ1) is 19.2. The van der Waals surface area contributed by atoms with Gasteiger partial charge >= 0.3 is 0 Å². The molecule has 0 aliphatic heterocycles. The van der Waals surface area contributed by atoms with E-state index in [0.717, 1.165) is 10.9 Å². The molecule has 5 rings (SSSR count). The molecule has 2 aromatic heterocycles. The molecule has 2 heterocycles. The van der Waals surface area contributed by atoms with Crippen molar-refractivity contribution in [3.8, 4) is 22.6 Å². The summed E-state index contributed by atoms with van der Waals surface area (Å²) in [6.45, 7) is 0. The number of nitrogens with zero attached hydrogens (tertiary/aromatic N) is 4. The van der Waals surface area contributed by atoms with Crippen LogP contribution in [0.1, 0.15) is 29.2 Å². The van der Waals surface area contributed by atoms with Crippen molar-refractivity contribution in [2.45, 2.75) is 24.6 Å². The van der Waals surface area contributed by atoms with Crippen LogP contribution in [0.3, 0.4) is 0 Å². The number of fused-ring (bicyclic) bond motifs is 1. The predicted molar refractivity (Wildman–Crippen MR) is 117 cm³/mol. The van der Waals surface area contributed by atoms with Crippen LogP contribution in [0.4, 0.5) is 5.82 Å². The number of hydrogen-bond donors (Lipinski definition) is 4. The standard InChI is InChI=1S/C22H21N7O2/c23-19-17(20(24)30)18(28-29(19)15-9-22(25,31)10-15)13-6-7-14-11-26-21(27-16(14)8-13)12-4-2-1-3-5-12/h1-8,11,15,31H,9-10,23,25H2,(H2,24,30)/t15-,22+. The smallest absolute Gasteiger partial charge is 0.254 e. The van der Waals surface area contributed by atoms with E-state index in [1.807, 2.05) is 48.5 Å². The van der Waals surface area contributed by atoms with Crippen molar-refractivity contribution in [1.82, 2.24) is 19.7 Å². The first-order valence-electron chi connectivity index (χ1n) is 9.84. The number of carbonyl (C=O) groups is 1. The van der Waals surface area contributed by atoms with E-state index in [-0.39, 0.29) is 17.4 Å². The Bertz CT molecular complexity index is 1310. The average Bonchev–Trinajstić information content (AvgIpc) is 3.09. The molecule has 2 aromatic carbocycles. The van der Waals surface area contributed by atoms with Gasteiger partial charge in [0.25, 0.3) is 5.91 Å². The maximum atomic E-state index is 12.2. The molecule has 1 fully saturated rings. The van der Waals surface area contributed by atoms with Crippen LogP contribution in [0.2, 0.25) is 0 Å². The highest BCUT2D eigenvalue weighted by Crippen LogP contribution is 2.41. The fourth-order valence-corrected chi connectivity index (χ4v) is 4.00. The molecule has 0 spiro atoms. The summed E-state index contributed by atoms with van der Waals surface area (Å²) in [7, 11) is 0. The number of amides is 1. The van der Waals surface area contributed by atoms with Crippen molar-refractivity contribution in [1.29, 1.82) is 0 Å². The highest BCUT2D eigenvalue weighted by atomic mass is 16.3. The molecule has 0 saturated heterocycles. The van der Waals surface area contributed by atoms with Gasteiger partial charge < -0.3 is 22.3 Å². The molecule has 1 aliphatic carbocycles. The second-order valence-corrected chi connectivity index (χ2v) is 7.92. The number of carbonyl (C=O) groups excluding carboxylic acids is 1. The molecule has 7 N–H and O–H groups in total. The van der Waals surface area contributed by atoms with Crippen molar-refractivity contribution in [3.05, 3.63) is 60.3 Å². The Labute approximate surface area is 177 Å². The van der Waals surface area contributed by atoms with E-state index in [0.29, 0.717) is 35.4 Å². The van der Waals surface area contributed by atoms with Gasteiger partial charge in [-0.1, -0.05) is 42.5 Å². The van der Waals surface area contributed by atoms with Gasteiger partial charge in [-0.05, 0) is 6.07 Å². The number of anilines is 1. The summed E-state index contributed by atoms with van der Waals surface area (Å²) in [4.78, 5) is 21.3. The van der Waals surface area contributed by atoms with Crippen LogP contribution in [-0.4, -0.2) is 36.5 Å². The fraction of sp³-hybridized carbons (Fsp3) is 0.182. The first-order chi connectivity index (χ1) is 14.8. The van der Waals surface area contributed by atoms with Crippen LogP contribution in [0.5, 0.6) is 0 Å². The topological polar surface area (TPSA) is 159 Å². The zero-order chi connectivity index (χ0) is 21.8. The van der Waals surface area contributed by atoms with Gasteiger partial charge in [0.2, 0.25) is 0 Å². The highest BCUT2D eigenvalue weighted by Gasteiger charge is 2.42. The Kier molecular flexibility index (Phi) is 4.24. The molecule has 1 aliphatic rings. The number of nitrogen functional groups attached to an aromatic ring is 1. The van der Waals surface area contributed by atoms with Gasteiger partial charge in [-0.2, -0.15) is 5.10 Å². The molecule has 9 heteroatoms. The van der Waals surface area contributed by atoms with E-state index in [1.54, 1.807) is 6.20 Å². The summed E-state index contributed by atoms with van der Waals surface area (Å²) in [5.74, 6) is 0.0896. The Morgan fingerprint density at radius 1 is 1.13 bits per heavy atom. The first-order valence-corrected chi connectivity index (χ1v) is 9.84. The SMILES string of the molecule is NC(=O)c1c(-c2ccc3cnc(-c4ccccc4)nc3c2)nn([C@H]2C[C@@](N)(O)C2)c1N. The van der Waals surface area contributed by atoms with E-state index < -0.39 is 11.6 Å². The second kappa shape index (κ2) is 6.86. The lowest BCUT2D eigenvalue weighted by Gasteiger charge is -2.40. The Hall–Kier alpha value is -3.82. The summed E-state index contributed by atoms with van der Waals surface area (Å²) >= 11 is 0. The fourth-order valence-electron chi connectivity index (χ4n) is 4.00. The van der Waals surface area contributed by atoms with Gasteiger partial charge in [0.1, 0.15) is 22.8 Å². The zero-order valence-electron chi connectivity index (χ0n) is 16.6. The molecule has 0 unspecified atom stereocenters. The van der Waals surface area contributed by atoms with Crippen molar-refractivity contribution in [2.24, 2.45) is 11.5 Å². The second-order valence-electron chi connectivity index (χ2n) is 7.92. The van der Waals surface area contributed by atoms with Crippen molar-refractivity contribution >= 4 is 22.6 Å². The molecular weight excluding hydrogens is 394 g/mol. The van der Waals surface area contributed by atoms with E-state index in [1.165, 1.54) is 4.68 Å². The number of benzene rings is 2. The lowest BCUT2D eigenvalue weighted by molar-refractivity contribution is -0.0643. The number of aliphatic hydroxyl groups is 1. The van der Waals surface area contributed by atoms with Gasteiger partial charge in [-0.3, -0.25) is 4.79 Å². The molecule has 31 heavy (non-hydrogen) atoms. The predicted octanol–water partition coefficient (Wildman–Crippen LogP) is 1.82. The van der Waals surface area contributed by atoms with Crippen LogP contribution in [0, 0.1) is 0 Å². The van der Waals surface area contributed by atoms with Crippen molar-refractivity contribution in [2.75, 3.05) is 5.73 Å². The van der Waals surface area contributed by atoms with E-state index in [4.69, 9.17) is 17.2 Å². The van der Waals surface area contributed by atoms with Crippen LogP contribution in [0.25, 0.3) is 33.5 Å². The molecule has 1 amide bonds. The van der Waals surface area contributed by atoms with Crippen LogP contribution in [-0.2, 0) is 0 Å². The molecular formula is C22H21N7O2. The third kappa shape index (κ3) is 3.29. The summed E-state index contributed by atoms with van der Waals surface area (Å²) in [5, 5.41) is 15.3. The van der Waals surface area contributed by atoms with Gasteiger partial charge in [-0.25, -0.2) is 14.6 Å². The molecule has 156 valence electrons. The van der Waals surface area contributed by atoms with Gasteiger partial charge in [0, 0.05) is 35.6 Å². The number of nitrogens with two attached hydrogens (primary N) is 3. The van der Waals surface area contributed by atoms with E-state index >= 15 is 0 Å².